The van der Waals surface area contributed by atoms with Crippen molar-refractivity contribution in [2.75, 3.05) is 0 Å². The number of amides is 2. The van der Waals surface area contributed by atoms with E-state index >= 15 is 0 Å². The Morgan fingerprint density at radius 2 is 1.40 bits per heavy atom. The van der Waals surface area contributed by atoms with Crippen LogP contribution in [0.4, 0.5) is 4.79 Å². The Balaban J connectivity index is 1.82. The fourth-order valence-electron chi connectivity index (χ4n) is 2.14. The first kappa shape index (κ1) is 18.5. The highest BCUT2D eigenvalue weighted by Gasteiger charge is 2.15. The van der Waals surface area contributed by atoms with E-state index in [9.17, 15) is 9.59 Å². The largest absolute Gasteiger partial charge is 0.444 e. The first-order chi connectivity index (χ1) is 11.8. The number of hydrogen-bond donors (Lipinski definition) is 2. The summed E-state index contributed by atoms with van der Waals surface area (Å²) in [6.07, 6.45) is -0.461. The number of alkyl carbamates (subject to hydrolysis) is 1. The van der Waals surface area contributed by atoms with Crippen molar-refractivity contribution in [3.63, 3.8) is 0 Å². The number of carbonyl (C=O) groups is 2. The van der Waals surface area contributed by atoms with Crippen LogP contribution in [0.25, 0.3) is 0 Å². The van der Waals surface area contributed by atoms with E-state index in [2.05, 4.69) is 10.6 Å². The van der Waals surface area contributed by atoms with Gasteiger partial charge in [-0.2, -0.15) is 0 Å². The van der Waals surface area contributed by atoms with Crippen molar-refractivity contribution in [2.45, 2.75) is 39.5 Å². The van der Waals surface area contributed by atoms with Gasteiger partial charge >= 0.3 is 6.09 Å². The molecule has 0 atom stereocenters. The Hall–Kier alpha value is -2.82. The standard InChI is InChI=1S/C20H24N2O3/c1-20(2,3)25-19(24)22-14-16-9-11-17(12-10-16)18(23)21-13-15-7-5-4-6-8-15/h4-12H,13-14H2,1-3H3,(H,21,23)(H,22,24). The van der Waals surface area contributed by atoms with Gasteiger partial charge in [0.2, 0.25) is 0 Å². The molecule has 5 nitrogen and oxygen atoms in total. The second kappa shape index (κ2) is 8.33. The van der Waals surface area contributed by atoms with E-state index in [1.54, 1.807) is 12.1 Å². The molecule has 0 aromatic heterocycles. The van der Waals surface area contributed by atoms with Crippen LogP contribution in [0.15, 0.2) is 54.6 Å². The minimum Gasteiger partial charge on any atom is -0.444 e. The van der Waals surface area contributed by atoms with E-state index in [-0.39, 0.29) is 5.91 Å². The number of carbonyl (C=O) groups excluding carboxylic acids is 2. The van der Waals surface area contributed by atoms with Gasteiger partial charge in [0.05, 0.1) is 0 Å². The molecule has 0 bridgehead atoms. The lowest BCUT2D eigenvalue weighted by Gasteiger charge is -2.19. The first-order valence-corrected chi connectivity index (χ1v) is 8.21. The van der Waals surface area contributed by atoms with E-state index in [1.807, 2.05) is 63.2 Å². The van der Waals surface area contributed by atoms with E-state index < -0.39 is 11.7 Å². The molecular weight excluding hydrogens is 316 g/mol. The van der Waals surface area contributed by atoms with Crippen LogP contribution >= 0.6 is 0 Å². The number of rotatable bonds is 5. The van der Waals surface area contributed by atoms with Gasteiger partial charge in [-0.1, -0.05) is 42.5 Å². The maximum absolute atomic E-state index is 12.2. The van der Waals surface area contributed by atoms with Crippen LogP contribution in [0.1, 0.15) is 42.3 Å². The molecule has 25 heavy (non-hydrogen) atoms. The van der Waals surface area contributed by atoms with Crippen LogP contribution in [0.3, 0.4) is 0 Å². The monoisotopic (exact) mass is 340 g/mol. The van der Waals surface area contributed by atoms with Crippen molar-refractivity contribution in [2.24, 2.45) is 0 Å². The fourth-order valence-corrected chi connectivity index (χ4v) is 2.14. The van der Waals surface area contributed by atoms with E-state index in [0.29, 0.717) is 18.7 Å². The molecule has 0 unspecified atom stereocenters. The summed E-state index contributed by atoms with van der Waals surface area (Å²) < 4.78 is 5.18. The highest BCUT2D eigenvalue weighted by atomic mass is 16.6. The Bertz CT molecular complexity index is 704. The highest BCUT2D eigenvalue weighted by Crippen LogP contribution is 2.08. The molecule has 0 aliphatic heterocycles. The van der Waals surface area contributed by atoms with Gasteiger partial charge in [0, 0.05) is 18.7 Å². The lowest BCUT2D eigenvalue weighted by Crippen LogP contribution is -2.32. The number of ether oxygens (including phenoxy) is 1. The van der Waals surface area contributed by atoms with Crippen LogP contribution in [0.5, 0.6) is 0 Å². The van der Waals surface area contributed by atoms with Gasteiger partial charge in [0.1, 0.15) is 5.60 Å². The molecule has 132 valence electrons. The summed E-state index contributed by atoms with van der Waals surface area (Å²) in [4.78, 5) is 23.8. The van der Waals surface area contributed by atoms with Crippen molar-refractivity contribution >= 4 is 12.0 Å². The summed E-state index contributed by atoms with van der Waals surface area (Å²) in [6.45, 7) is 6.28. The summed E-state index contributed by atoms with van der Waals surface area (Å²) >= 11 is 0. The highest BCUT2D eigenvalue weighted by molar-refractivity contribution is 5.94. The summed E-state index contributed by atoms with van der Waals surface area (Å²) in [5.41, 5.74) is 2.00. The predicted octanol–water partition coefficient (Wildman–Crippen LogP) is 3.64. The SMILES string of the molecule is CC(C)(C)OC(=O)NCc1ccc(C(=O)NCc2ccccc2)cc1. The fraction of sp³-hybridized carbons (Fsp3) is 0.300. The zero-order valence-electron chi connectivity index (χ0n) is 14.8. The molecule has 2 amide bonds. The molecule has 2 N–H and O–H groups in total. The Morgan fingerprint density at radius 1 is 0.840 bits per heavy atom. The van der Waals surface area contributed by atoms with Crippen molar-refractivity contribution in [3.05, 3.63) is 71.3 Å². The lowest BCUT2D eigenvalue weighted by molar-refractivity contribution is 0.0523. The van der Waals surface area contributed by atoms with Crippen LogP contribution in [0, 0.1) is 0 Å². The Morgan fingerprint density at radius 3 is 2.00 bits per heavy atom. The molecular formula is C20H24N2O3. The smallest absolute Gasteiger partial charge is 0.407 e. The van der Waals surface area contributed by atoms with Crippen LogP contribution in [-0.2, 0) is 17.8 Å². The maximum Gasteiger partial charge on any atom is 0.407 e. The molecule has 0 saturated heterocycles. The number of benzene rings is 2. The third kappa shape index (κ3) is 6.67. The van der Waals surface area contributed by atoms with Crippen LogP contribution in [0.2, 0.25) is 0 Å². The molecule has 0 aliphatic rings. The maximum atomic E-state index is 12.2. The van der Waals surface area contributed by atoms with Crippen LogP contribution < -0.4 is 10.6 Å². The molecule has 0 saturated carbocycles. The third-order valence-electron chi connectivity index (χ3n) is 3.35. The molecule has 0 spiro atoms. The van der Waals surface area contributed by atoms with Crippen LogP contribution in [-0.4, -0.2) is 17.6 Å². The predicted molar refractivity (Wildman–Crippen MR) is 97.1 cm³/mol. The molecule has 5 heteroatoms. The second-order valence-electron chi connectivity index (χ2n) is 6.72. The first-order valence-electron chi connectivity index (χ1n) is 8.21. The molecule has 2 aromatic carbocycles. The molecule has 2 rings (SSSR count). The summed E-state index contributed by atoms with van der Waals surface area (Å²) in [6, 6.07) is 16.9. The third-order valence-corrected chi connectivity index (χ3v) is 3.35. The van der Waals surface area contributed by atoms with Gasteiger partial charge < -0.3 is 15.4 Å². The zero-order chi connectivity index (χ0) is 18.3. The topological polar surface area (TPSA) is 67.4 Å². The molecule has 0 aliphatic carbocycles. The van der Waals surface area contributed by atoms with Gasteiger partial charge in [-0.25, -0.2) is 4.79 Å². The summed E-state index contributed by atoms with van der Waals surface area (Å²) in [5.74, 6) is -0.129. The van der Waals surface area contributed by atoms with Crippen molar-refractivity contribution < 1.29 is 14.3 Å². The van der Waals surface area contributed by atoms with Gasteiger partial charge in [0.25, 0.3) is 5.91 Å². The average Bonchev–Trinajstić information content (AvgIpc) is 2.58. The summed E-state index contributed by atoms with van der Waals surface area (Å²) in [7, 11) is 0. The van der Waals surface area contributed by atoms with E-state index in [0.717, 1.165) is 11.1 Å². The number of hydrogen-bond acceptors (Lipinski definition) is 3. The molecule has 0 fully saturated rings. The van der Waals surface area contributed by atoms with Crippen molar-refractivity contribution in [1.29, 1.82) is 0 Å². The Kier molecular flexibility index (Phi) is 6.17. The average molecular weight is 340 g/mol. The van der Waals surface area contributed by atoms with Gasteiger partial charge in [-0.15, -0.1) is 0 Å². The minimum atomic E-state index is -0.523. The minimum absolute atomic E-state index is 0.129. The molecule has 2 aromatic rings. The van der Waals surface area contributed by atoms with Gasteiger partial charge in [0.15, 0.2) is 0 Å². The van der Waals surface area contributed by atoms with E-state index in [4.69, 9.17) is 4.74 Å². The second-order valence-corrected chi connectivity index (χ2v) is 6.72. The number of nitrogens with one attached hydrogen (secondary N) is 2. The Labute approximate surface area is 148 Å². The lowest BCUT2D eigenvalue weighted by atomic mass is 10.1. The quantitative estimate of drug-likeness (QED) is 0.873. The zero-order valence-corrected chi connectivity index (χ0v) is 14.8. The van der Waals surface area contributed by atoms with E-state index in [1.165, 1.54) is 0 Å². The van der Waals surface area contributed by atoms with Gasteiger partial charge in [-0.05, 0) is 44.0 Å². The normalized spacial score (nSPS) is 10.8. The molecule has 0 heterocycles. The van der Waals surface area contributed by atoms with Crippen molar-refractivity contribution in [1.82, 2.24) is 10.6 Å². The van der Waals surface area contributed by atoms with Crippen molar-refractivity contribution in [3.8, 4) is 0 Å². The molecule has 0 radical (unpaired) electrons. The summed E-state index contributed by atoms with van der Waals surface area (Å²) in [5, 5.41) is 5.57. The van der Waals surface area contributed by atoms with Gasteiger partial charge in [-0.3, -0.25) is 4.79 Å².